The van der Waals surface area contributed by atoms with Crippen molar-refractivity contribution in [2.45, 2.75) is 6.17 Å². The number of benzene rings is 5. The lowest BCUT2D eigenvalue weighted by atomic mass is 10.00. The van der Waals surface area contributed by atoms with Gasteiger partial charge in [0.2, 0.25) is 0 Å². The van der Waals surface area contributed by atoms with Gasteiger partial charge in [0.15, 0.2) is 6.17 Å². The Labute approximate surface area is 251 Å². The molecule has 1 unspecified atom stereocenters. The topological polar surface area (TPSA) is 48.8 Å². The van der Waals surface area contributed by atoms with Crippen LogP contribution < -0.4 is 0 Å². The summed E-state index contributed by atoms with van der Waals surface area (Å²) in [5.41, 5.74) is 8.33. The van der Waals surface area contributed by atoms with Crippen molar-refractivity contribution >= 4 is 54.9 Å². The van der Waals surface area contributed by atoms with Crippen molar-refractivity contribution in [1.82, 2.24) is 19.1 Å². The van der Waals surface area contributed by atoms with Crippen LogP contribution in [0.25, 0.3) is 72.0 Å². The number of alkyl halides is 1. The molecule has 5 aromatic carbocycles. The third-order valence-electron chi connectivity index (χ3n) is 8.68. The number of imidazole rings is 1. The molecule has 0 radical (unpaired) electrons. The van der Waals surface area contributed by atoms with Crippen LogP contribution in [0.4, 0.5) is 4.39 Å². The van der Waals surface area contributed by atoms with E-state index in [-0.39, 0.29) is 0 Å². The van der Waals surface area contributed by atoms with Crippen LogP contribution in [0.3, 0.4) is 0 Å². The number of pyridine rings is 1. The summed E-state index contributed by atoms with van der Waals surface area (Å²) in [7, 11) is 1.99. The molecule has 210 valence electrons. The minimum atomic E-state index is -1.32. The van der Waals surface area contributed by atoms with Crippen molar-refractivity contribution in [2.24, 2.45) is 7.05 Å². The maximum atomic E-state index is 16.4. The lowest BCUT2D eigenvalue weighted by Gasteiger charge is -2.14. The van der Waals surface area contributed by atoms with Crippen LogP contribution in [0.15, 0.2) is 132 Å². The summed E-state index contributed by atoms with van der Waals surface area (Å²) in [6.45, 7) is 0. The molecule has 4 aromatic heterocycles. The fourth-order valence-corrected chi connectivity index (χ4v) is 6.66. The quantitative estimate of drug-likeness (QED) is 0.211. The number of hydrogen-bond donors (Lipinski definition) is 0. The van der Waals surface area contributed by atoms with E-state index >= 15 is 4.39 Å². The Kier molecular flexibility index (Phi) is 5.29. The Morgan fingerprint density at radius 1 is 0.682 bits per heavy atom. The van der Waals surface area contributed by atoms with E-state index in [2.05, 4.69) is 27.3 Å². The van der Waals surface area contributed by atoms with E-state index in [4.69, 9.17) is 14.4 Å². The standard InChI is InChI=1S/C38H25FN4O/c1-42-30-16-4-3-15-29(30)41-37(42)25-11-6-9-23(21-25)36(39)24-10-7-12-26(22-24)43-31-18-19-33-35(27-13-2-5-17-32(27)44-33)34(31)28-14-8-20-40-38(28)43/h2-22,36H,1H3. The number of halogens is 1. The highest BCUT2D eigenvalue weighted by Crippen LogP contribution is 2.41. The maximum Gasteiger partial charge on any atom is 0.150 e. The van der Waals surface area contributed by atoms with E-state index in [9.17, 15) is 0 Å². The molecule has 9 aromatic rings. The first-order valence-electron chi connectivity index (χ1n) is 14.6. The van der Waals surface area contributed by atoms with E-state index in [0.29, 0.717) is 11.1 Å². The molecule has 6 heteroatoms. The molecule has 0 bridgehead atoms. The van der Waals surface area contributed by atoms with Crippen LogP contribution in [0.1, 0.15) is 17.3 Å². The number of aromatic nitrogens is 4. The van der Waals surface area contributed by atoms with E-state index in [1.807, 2.05) is 110 Å². The molecule has 0 spiro atoms. The van der Waals surface area contributed by atoms with Crippen molar-refractivity contribution in [2.75, 3.05) is 0 Å². The molecule has 0 aliphatic heterocycles. The average molecular weight is 573 g/mol. The van der Waals surface area contributed by atoms with Gasteiger partial charge < -0.3 is 8.98 Å². The van der Waals surface area contributed by atoms with Crippen LogP contribution in [0.5, 0.6) is 0 Å². The van der Waals surface area contributed by atoms with Crippen LogP contribution in [-0.2, 0) is 7.05 Å². The summed E-state index contributed by atoms with van der Waals surface area (Å²) in [4.78, 5) is 9.62. The van der Waals surface area contributed by atoms with Gasteiger partial charge in [-0.2, -0.15) is 0 Å². The molecule has 5 nitrogen and oxygen atoms in total. The molecule has 0 aliphatic rings. The molecular weight excluding hydrogens is 547 g/mol. The molecule has 0 aliphatic carbocycles. The Hall–Kier alpha value is -5.75. The minimum absolute atomic E-state index is 0.574. The molecule has 4 heterocycles. The van der Waals surface area contributed by atoms with Crippen molar-refractivity contribution < 1.29 is 8.81 Å². The first-order chi connectivity index (χ1) is 21.7. The third-order valence-corrected chi connectivity index (χ3v) is 8.68. The van der Waals surface area contributed by atoms with E-state index in [1.165, 1.54) is 0 Å². The fraction of sp³-hybridized carbons (Fsp3) is 0.0526. The molecule has 0 fully saturated rings. The lowest BCUT2D eigenvalue weighted by Crippen LogP contribution is -2.00. The van der Waals surface area contributed by atoms with Crippen LogP contribution in [-0.4, -0.2) is 19.1 Å². The summed E-state index contributed by atoms with van der Waals surface area (Å²) in [5, 5.41) is 4.23. The second-order valence-corrected chi connectivity index (χ2v) is 11.2. The van der Waals surface area contributed by atoms with Gasteiger partial charge in [0.05, 0.1) is 16.6 Å². The molecule has 44 heavy (non-hydrogen) atoms. The second kappa shape index (κ2) is 9.38. The van der Waals surface area contributed by atoms with Crippen molar-refractivity contribution in [1.29, 1.82) is 0 Å². The highest BCUT2D eigenvalue weighted by Gasteiger charge is 2.21. The van der Waals surface area contributed by atoms with Crippen LogP contribution in [0.2, 0.25) is 0 Å². The SMILES string of the molecule is Cn1c(-c2cccc(C(F)c3cccc(-n4c5ccc6oc7ccccc7c6c5c5cccnc54)c3)c2)nc2ccccc21. The van der Waals surface area contributed by atoms with Gasteiger partial charge in [0, 0.05) is 46.0 Å². The zero-order chi connectivity index (χ0) is 29.4. The van der Waals surface area contributed by atoms with Gasteiger partial charge in [-0.15, -0.1) is 0 Å². The number of para-hydroxylation sites is 3. The monoisotopic (exact) mass is 572 g/mol. The number of rotatable bonds is 4. The highest BCUT2D eigenvalue weighted by molar-refractivity contribution is 6.26. The molecular formula is C38H25FN4O. The van der Waals surface area contributed by atoms with Crippen LogP contribution in [0, 0.1) is 0 Å². The Morgan fingerprint density at radius 2 is 1.48 bits per heavy atom. The normalized spacial score (nSPS) is 12.7. The maximum absolute atomic E-state index is 16.4. The zero-order valence-corrected chi connectivity index (χ0v) is 23.8. The average Bonchev–Trinajstić information content (AvgIpc) is 3.73. The fourth-order valence-electron chi connectivity index (χ4n) is 6.66. The van der Waals surface area contributed by atoms with Crippen molar-refractivity contribution in [3.05, 3.63) is 139 Å². The minimum Gasteiger partial charge on any atom is -0.456 e. The lowest BCUT2D eigenvalue weighted by molar-refractivity contribution is 0.402. The van der Waals surface area contributed by atoms with Gasteiger partial charge in [0.25, 0.3) is 0 Å². The van der Waals surface area contributed by atoms with Crippen molar-refractivity contribution in [3.8, 4) is 17.1 Å². The third kappa shape index (κ3) is 3.57. The predicted octanol–water partition coefficient (Wildman–Crippen LogP) is 9.69. The summed E-state index contributed by atoms with van der Waals surface area (Å²) in [6, 6.07) is 39.6. The van der Waals surface area contributed by atoms with Gasteiger partial charge >= 0.3 is 0 Å². The second-order valence-electron chi connectivity index (χ2n) is 11.2. The molecule has 0 saturated carbocycles. The summed E-state index contributed by atoms with van der Waals surface area (Å²) < 4.78 is 26.8. The molecule has 0 N–H and O–H groups in total. The van der Waals surface area contributed by atoms with Gasteiger partial charge in [-0.1, -0.05) is 60.7 Å². The summed E-state index contributed by atoms with van der Waals surface area (Å²) in [5.74, 6) is 0.809. The van der Waals surface area contributed by atoms with Crippen LogP contribution >= 0.6 is 0 Å². The molecule has 9 rings (SSSR count). The molecule has 0 saturated heterocycles. The highest BCUT2D eigenvalue weighted by atomic mass is 19.1. The van der Waals surface area contributed by atoms with Gasteiger partial charge in [0.1, 0.15) is 22.6 Å². The first kappa shape index (κ1) is 24.8. The Bertz CT molecular complexity index is 2550. The van der Waals surface area contributed by atoms with Gasteiger partial charge in [-0.25, -0.2) is 14.4 Å². The first-order valence-corrected chi connectivity index (χ1v) is 14.6. The van der Waals surface area contributed by atoms with Crippen molar-refractivity contribution in [3.63, 3.8) is 0 Å². The predicted molar refractivity (Wildman–Crippen MR) is 175 cm³/mol. The number of aryl methyl sites for hydroxylation is 1. The number of hydrogen-bond acceptors (Lipinski definition) is 3. The smallest absolute Gasteiger partial charge is 0.150 e. The van der Waals surface area contributed by atoms with E-state index in [0.717, 1.165) is 72.0 Å². The zero-order valence-electron chi connectivity index (χ0n) is 23.8. The number of nitrogens with zero attached hydrogens (tertiary/aromatic N) is 4. The van der Waals surface area contributed by atoms with E-state index in [1.54, 1.807) is 6.20 Å². The number of fused-ring (bicyclic) bond motifs is 8. The molecule has 1 atom stereocenters. The largest absolute Gasteiger partial charge is 0.456 e. The summed E-state index contributed by atoms with van der Waals surface area (Å²) in [6.07, 6.45) is 0.478. The van der Waals surface area contributed by atoms with Gasteiger partial charge in [-0.05, 0) is 71.8 Å². The number of furan rings is 1. The van der Waals surface area contributed by atoms with Gasteiger partial charge in [-0.3, -0.25) is 4.57 Å². The molecule has 0 amide bonds. The van der Waals surface area contributed by atoms with E-state index < -0.39 is 6.17 Å². The summed E-state index contributed by atoms with van der Waals surface area (Å²) >= 11 is 0. The Balaban J connectivity index is 1.19. The Morgan fingerprint density at radius 3 is 2.39 bits per heavy atom.